The second-order valence-corrected chi connectivity index (χ2v) is 5.80. The van der Waals surface area contributed by atoms with Crippen LogP contribution in [0, 0.1) is 11.7 Å². The molecule has 1 saturated carbocycles. The van der Waals surface area contributed by atoms with E-state index in [-0.39, 0.29) is 42.3 Å². The molecule has 0 amide bonds. The highest BCUT2D eigenvalue weighted by Crippen LogP contribution is 2.48. The van der Waals surface area contributed by atoms with Crippen molar-refractivity contribution in [2.75, 3.05) is 26.2 Å². The Bertz CT molecular complexity index is 515. The summed E-state index contributed by atoms with van der Waals surface area (Å²) in [4.78, 5) is 2.11. The molecule has 1 atom stereocenters. The van der Waals surface area contributed by atoms with Crippen molar-refractivity contribution in [1.29, 1.82) is 0 Å². The van der Waals surface area contributed by atoms with Crippen LogP contribution in [0.25, 0.3) is 0 Å². The number of piperazine rings is 1. The molecule has 0 aromatic heterocycles. The third-order valence-corrected chi connectivity index (χ3v) is 4.25. The zero-order valence-corrected chi connectivity index (χ0v) is 14.0. The first-order chi connectivity index (χ1) is 9.97. The summed E-state index contributed by atoms with van der Waals surface area (Å²) >= 11 is 0. The van der Waals surface area contributed by atoms with Crippen LogP contribution in [0.2, 0.25) is 0 Å². The quantitative estimate of drug-likeness (QED) is 0.803. The maximum absolute atomic E-state index is 13.3. The van der Waals surface area contributed by atoms with Crippen LogP contribution in [0.4, 0.5) is 17.6 Å². The molecule has 1 heterocycles. The molecule has 2 aliphatic rings. The highest BCUT2D eigenvalue weighted by Gasteiger charge is 2.42. The largest absolute Gasteiger partial charge is 0.416 e. The number of hydrogen-bond donors (Lipinski definition) is 1. The van der Waals surface area contributed by atoms with E-state index in [1.165, 1.54) is 6.07 Å². The van der Waals surface area contributed by atoms with Gasteiger partial charge in [0.2, 0.25) is 0 Å². The molecular weight excluding hydrogens is 355 g/mol. The number of rotatable bonds is 3. The van der Waals surface area contributed by atoms with E-state index >= 15 is 0 Å². The fourth-order valence-electron chi connectivity index (χ4n) is 3.15. The maximum atomic E-state index is 13.3. The van der Waals surface area contributed by atoms with E-state index in [0.717, 1.165) is 45.1 Å². The van der Waals surface area contributed by atoms with Crippen molar-refractivity contribution in [1.82, 2.24) is 10.2 Å². The molecule has 23 heavy (non-hydrogen) atoms. The minimum Gasteiger partial charge on any atom is -0.314 e. The zero-order valence-electron chi connectivity index (χ0n) is 12.4. The van der Waals surface area contributed by atoms with E-state index in [1.54, 1.807) is 0 Å². The molecule has 3 rings (SSSR count). The molecule has 0 radical (unpaired) electrons. The zero-order chi connectivity index (χ0) is 15.0. The molecule has 2 fully saturated rings. The first-order valence-corrected chi connectivity index (χ1v) is 7.28. The summed E-state index contributed by atoms with van der Waals surface area (Å²) < 4.78 is 53.0. The van der Waals surface area contributed by atoms with E-state index in [9.17, 15) is 17.6 Å². The molecule has 0 unspecified atom stereocenters. The molecule has 1 aliphatic heterocycles. The van der Waals surface area contributed by atoms with Crippen molar-refractivity contribution in [3.63, 3.8) is 0 Å². The van der Waals surface area contributed by atoms with Crippen molar-refractivity contribution in [2.24, 2.45) is 5.92 Å². The van der Waals surface area contributed by atoms with Gasteiger partial charge in [0.15, 0.2) is 0 Å². The van der Waals surface area contributed by atoms with Gasteiger partial charge in [-0.15, -0.1) is 24.8 Å². The van der Waals surface area contributed by atoms with Crippen molar-refractivity contribution in [2.45, 2.75) is 25.1 Å². The number of alkyl halides is 3. The minimum atomic E-state index is -4.52. The van der Waals surface area contributed by atoms with Crippen LogP contribution in [0.15, 0.2) is 18.2 Å². The fourth-order valence-corrected chi connectivity index (χ4v) is 3.15. The van der Waals surface area contributed by atoms with Crippen LogP contribution >= 0.6 is 24.8 Å². The summed E-state index contributed by atoms with van der Waals surface area (Å²) in [5.74, 6) is -0.574. The summed E-state index contributed by atoms with van der Waals surface area (Å²) in [5, 5.41) is 3.21. The van der Waals surface area contributed by atoms with Gasteiger partial charge in [0.1, 0.15) is 5.82 Å². The number of halogens is 6. The minimum absolute atomic E-state index is 0. The topological polar surface area (TPSA) is 15.3 Å². The van der Waals surface area contributed by atoms with Gasteiger partial charge in [0.05, 0.1) is 5.56 Å². The van der Waals surface area contributed by atoms with Gasteiger partial charge < -0.3 is 5.32 Å². The predicted molar refractivity (Wildman–Crippen MR) is 85.8 cm³/mol. The first-order valence-electron chi connectivity index (χ1n) is 7.28. The van der Waals surface area contributed by atoms with E-state index in [1.807, 2.05) is 0 Å². The van der Waals surface area contributed by atoms with Crippen molar-refractivity contribution in [3.05, 3.63) is 35.1 Å². The smallest absolute Gasteiger partial charge is 0.314 e. The summed E-state index contributed by atoms with van der Waals surface area (Å²) in [6.45, 7) is 3.03. The van der Waals surface area contributed by atoms with Gasteiger partial charge in [0.25, 0.3) is 0 Å². The van der Waals surface area contributed by atoms with E-state index < -0.39 is 17.6 Å². The molecule has 0 spiro atoms. The average Bonchev–Trinajstić information content (AvgIpc) is 3.25. The Morgan fingerprint density at radius 1 is 1.09 bits per heavy atom. The van der Waals surface area contributed by atoms with Crippen LogP contribution < -0.4 is 5.32 Å². The molecule has 132 valence electrons. The molecule has 1 aromatic rings. The molecular formula is C15H20Cl2F4N2. The van der Waals surface area contributed by atoms with Crippen LogP contribution in [-0.2, 0) is 6.18 Å². The Labute approximate surface area is 145 Å². The second kappa shape index (κ2) is 8.01. The Hall–Kier alpha value is -0.560. The molecule has 8 heteroatoms. The summed E-state index contributed by atoms with van der Waals surface area (Å²) in [7, 11) is 0. The Morgan fingerprint density at radius 2 is 1.70 bits per heavy atom. The molecule has 1 saturated heterocycles. The monoisotopic (exact) mass is 374 g/mol. The predicted octanol–water partition coefficient (Wildman–Crippen LogP) is 4.04. The van der Waals surface area contributed by atoms with Crippen LogP contribution in [0.3, 0.4) is 0 Å². The van der Waals surface area contributed by atoms with Gasteiger partial charge in [0, 0.05) is 32.2 Å². The molecule has 0 bridgehead atoms. The highest BCUT2D eigenvalue weighted by molar-refractivity contribution is 5.85. The normalized spacial score (nSPS) is 20.3. The lowest BCUT2D eigenvalue weighted by Gasteiger charge is -2.36. The van der Waals surface area contributed by atoms with E-state index in [4.69, 9.17) is 0 Å². The van der Waals surface area contributed by atoms with Gasteiger partial charge in [-0.05, 0) is 36.5 Å². The van der Waals surface area contributed by atoms with Crippen molar-refractivity contribution < 1.29 is 17.6 Å². The Balaban J connectivity index is 0.00000132. The number of benzene rings is 1. The van der Waals surface area contributed by atoms with Crippen molar-refractivity contribution in [3.8, 4) is 0 Å². The van der Waals surface area contributed by atoms with Gasteiger partial charge in [-0.3, -0.25) is 4.90 Å². The third kappa shape index (κ3) is 4.72. The van der Waals surface area contributed by atoms with Crippen LogP contribution in [0.1, 0.15) is 30.0 Å². The third-order valence-electron chi connectivity index (χ3n) is 4.25. The van der Waals surface area contributed by atoms with Crippen molar-refractivity contribution >= 4 is 24.8 Å². The number of hydrogen-bond acceptors (Lipinski definition) is 2. The van der Waals surface area contributed by atoms with Crippen LogP contribution in [0.5, 0.6) is 0 Å². The summed E-state index contributed by atoms with van der Waals surface area (Å²) in [6.07, 6.45) is -2.62. The van der Waals surface area contributed by atoms with Gasteiger partial charge in [-0.25, -0.2) is 4.39 Å². The number of nitrogens with zero attached hydrogens (tertiary/aromatic N) is 1. The molecule has 1 N–H and O–H groups in total. The second-order valence-electron chi connectivity index (χ2n) is 5.80. The highest BCUT2D eigenvalue weighted by atomic mass is 35.5. The summed E-state index contributed by atoms with van der Waals surface area (Å²) in [6, 6.07) is 2.85. The fraction of sp³-hybridized carbons (Fsp3) is 0.600. The van der Waals surface area contributed by atoms with Gasteiger partial charge in [-0.2, -0.15) is 13.2 Å². The SMILES string of the molecule is Cl.Cl.Fc1ccc([C@@H](C2CC2)N2CCNCC2)c(C(F)(F)F)c1. The lowest BCUT2D eigenvalue weighted by Crippen LogP contribution is -2.46. The average molecular weight is 375 g/mol. The molecule has 1 aliphatic carbocycles. The summed E-state index contributed by atoms with van der Waals surface area (Å²) in [5.41, 5.74) is -0.591. The Morgan fingerprint density at radius 3 is 2.22 bits per heavy atom. The lowest BCUT2D eigenvalue weighted by atomic mass is 9.94. The van der Waals surface area contributed by atoms with E-state index in [2.05, 4.69) is 10.2 Å². The standard InChI is InChI=1S/C15H18F4N2.2ClH/c16-11-3-4-12(13(9-11)15(17,18)19)14(10-1-2-10)21-7-5-20-6-8-21;;/h3-4,9-10,14,20H,1-2,5-8H2;2*1H/t14-;;/m1../s1. The first kappa shape index (κ1) is 20.5. The Kier molecular flexibility index (Phi) is 7.13. The van der Waals surface area contributed by atoms with Crippen LogP contribution in [-0.4, -0.2) is 31.1 Å². The molecule has 1 aromatic carbocycles. The van der Waals surface area contributed by atoms with E-state index in [0.29, 0.717) is 6.07 Å². The van der Waals surface area contributed by atoms with Gasteiger partial charge >= 0.3 is 6.18 Å². The molecule has 2 nitrogen and oxygen atoms in total. The maximum Gasteiger partial charge on any atom is 0.416 e. The lowest BCUT2D eigenvalue weighted by molar-refractivity contribution is -0.139. The van der Waals surface area contributed by atoms with Gasteiger partial charge in [-0.1, -0.05) is 6.07 Å². The number of nitrogens with one attached hydrogen (secondary N) is 1.